The first-order chi connectivity index (χ1) is 7.10. The highest BCUT2D eigenvalue weighted by molar-refractivity contribution is 6.34. The Hall–Kier alpha value is -1.73. The van der Waals surface area contributed by atoms with E-state index in [-0.39, 0.29) is 22.2 Å². The van der Waals surface area contributed by atoms with Crippen molar-refractivity contribution in [1.82, 2.24) is 5.32 Å². The lowest BCUT2D eigenvalue weighted by molar-refractivity contribution is 0.0956. The third-order valence-corrected chi connectivity index (χ3v) is 2.15. The largest absolute Gasteiger partial charge is 0.397 e. The molecule has 0 aliphatic heterocycles. The molecule has 0 spiro atoms. The number of amides is 1. The van der Waals surface area contributed by atoms with E-state index < -0.39 is 0 Å². The maximum atomic E-state index is 11.5. The van der Waals surface area contributed by atoms with Gasteiger partial charge in [0.15, 0.2) is 0 Å². The summed E-state index contributed by atoms with van der Waals surface area (Å²) in [7, 11) is 0. The Morgan fingerprint density at radius 3 is 2.87 bits per heavy atom. The third-order valence-electron chi connectivity index (χ3n) is 1.84. The second-order valence-electron chi connectivity index (χ2n) is 2.89. The molecule has 0 aliphatic rings. The summed E-state index contributed by atoms with van der Waals surface area (Å²) in [5, 5.41) is 11.5. The van der Waals surface area contributed by atoms with Gasteiger partial charge < -0.3 is 11.1 Å². The Labute approximate surface area is 92.6 Å². The molecule has 0 saturated heterocycles. The summed E-state index contributed by atoms with van der Waals surface area (Å²) in [4.78, 5) is 11.5. The van der Waals surface area contributed by atoms with Crippen molar-refractivity contribution in [3.63, 3.8) is 0 Å². The molecule has 15 heavy (non-hydrogen) atoms. The third kappa shape index (κ3) is 2.39. The average Bonchev–Trinajstić information content (AvgIpc) is 2.22. The Balaban J connectivity index is 3.23. The van der Waals surface area contributed by atoms with Gasteiger partial charge in [0, 0.05) is 6.54 Å². The van der Waals surface area contributed by atoms with Gasteiger partial charge in [-0.3, -0.25) is 4.79 Å². The van der Waals surface area contributed by atoms with E-state index in [1.165, 1.54) is 12.1 Å². The molecule has 3 N–H and O–H groups in total. The lowest BCUT2D eigenvalue weighted by atomic mass is 10.1. The number of carbonyl (C=O) groups excluding carboxylic acids is 1. The fraction of sp³-hybridized carbons (Fsp3) is 0.200. The minimum Gasteiger partial charge on any atom is -0.397 e. The molecule has 1 amide bonds. The zero-order valence-electron chi connectivity index (χ0n) is 8.17. The summed E-state index contributed by atoms with van der Waals surface area (Å²) in [6, 6.07) is 4.77. The van der Waals surface area contributed by atoms with Crippen LogP contribution in [0.4, 0.5) is 5.69 Å². The molecule has 1 aromatic carbocycles. The van der Waals surface area contributed by atoms with Gasteiger partial charge in [-0.05, 0) is 19.1 Å². The summed E-state index contributed by atoms with van der Waals surface area (Å²) in [6.45, 7) is 2.29. The second kappa shape index (κ2) is 4.67. The van der Waals surface area contributed by atoms with E-state index in [9.17, 15) is 4.79 Å². The summed E-state index contributed by atoms with van der Waals surface area (Å²) >= 11 is 5.79. The Kier molecular flexibility index (Phi) is 3.53. The van der Waals surface area contributed by atoms with E-state index in [1.54, 1.807) is 6.92 Å². The van der Waals surface area contributed by atoms with Gasteiger partial charge in [-0.1, -0.05) is 11.6 Å². The molecule has 0 heterocycles. The van der Waals surface area contributed by atoms with Crippen LogP contribution in [0.25, 0.3) is 0 Å². The Bertz CT molecular complexity index is 437. The summed E-state index contributed by atoms with van der Waals surface area (Å²) < 4.78 is 0. The predicted octanol–water partition coefficient (Wildman–Crippen LogP) is 1.54. The normalized spacial score (nSPS) is 9.40. The molecule has 5 heteroatoms. The van der Waals surface area contributed by atoms with Crippen molar-refractivity contribution in [2.45, 2.75) is 6.92 Å². The van der Waals surface area contributed by atoms with Crippen LogP contribution in [0.3, 0.4) is 0 Å². The molecule has 0 aromatic heterocycles. The lowest BCUT2D eigenvalue weighted by Gasteiger charge is -2.07. The van der Waals surface area contributed by atoms with E-state index in [4.69, 9.17) is 22.6 Å². The predicted molar refractivity (Wildman–Crippen MR) is 58.6 cm³/mol. The number of carbonyl (C=O) groups is 1. The molecule has 4 nitrogen and oxygen atoms in total. The number of benzene rings is 1. The molecule has 78 valence electrons. The molecule has 0 unspecified atom stereocenters. The number of halogens is 1. The van der Waals surface area contributed by atoms with Gasteiger partial charge in [-0.15, -0.1) is 0 Å². The lowest BCUT2D eigenvalue weighted by Crippen LogP contribution is -2.23. The van der Waals surface area contributed by atoms with Crippen molar-refractivity contribution in [3.8, 4) is 6.07 Å². The van der Waals surface area contributed by atoms with Crippen LogP contribution in [-0.2, 0) is 0 Å². The fourth-order valence-electron chi connectivity index (χ4n) is 1.13. The quantitative estimate of drug-likeness (QED) is 0.747. The van der Waals surface area contributed by atoms with Crippen LogP contribution >= 0.6 is 11.6 Å². The molecule has 0 saturated carbocycles. The number of nitrogens with zero attached hydrogens (tertiary/aromatic N) is 1. The molecular formula is C10H10ClN3O. The van der Waals surface area contributed by atoms with E-state index in [2.05, 4.69) is 5.32 Å². The van der Waals surface area contributed by atoms with Crippen molar-refractivity contribution >= 4 is 23.2 Å². The van der Waals surface area contributed by atoms with E-state index >= 15 is 0 Å². The number of nitrogen functional groups attached to an aromatic ring is 1. The van der Waals surface area contributed by atoms with Crippen LogP contribution in [0.5, 0.6) is 0 Å². The first kappa shape index (κ1) is 11.3. The summed E-state index contributed by atoms with van der Waals surface area (Å²) in [6.07, 6.45) is 0. The van der Waals surface area contributed by atoms with Gasteiger partial charge in [0.05, 0.1) is 27.9 Å². The molecule has 0 aliphatic carbocycles. The number of anilines is 1. The van der Waals surface area contributed by atoms with Crippen molar-refractivity contribution in [2.24, 2.45) is 0 Å². The monoisotopic (exact) mass is 223 g/mol. The number of rotatable bonds is 2. The van der Waals surface area contributed by atoms with Crippen LogP contribution in [-0.4, -0.2) is 12.5 Å². The Morgan fingerprint density at radius 1 is 1.67 bits per heavy atom. The number of nitrogens with one attached hydrogen (secondary N) is 1. The van der Waals surface area contributed by atoms with Crippen LogP contribution in [0, 0.1) is 11.3 Å². The van der Waals surface area contributed by atoms with Crippen molar-refractivity contribution in [3.05, 3.63) is 28.3 Å². The molecular weight excluding hydrogens is 214 g/mol. The number of hydrogen-bond acceptors (Lipinski definition) is 3. The number of nitrogens with two attached hydrogens (primary N) is 1. The van der Waals surface area contributed by atoms with Gasteiger partial charge in [-0.2, -0.15) is 5.26 Å². The van der Waals surface area contributed by atoms with E-state index in [1.807, 2.05) is 6.07 Å². The topological polar surface area (TPSA) is 78.9 Å². The van der Waals surface area contributed by atoms with E-state index in [0.29, 0.717) is 12.1 Å². The molecule has 0 atom stereocenters. The maximum Gasteiger partial charge on any atom is 0.253 e. The van der Waals surface area contributed by atoms with Crippen LogP contribution in [0.15, 0.2) is 12.1 Å². The molecule has 1 rings (SSSR count). The smallest absolute Gasteiger partial charge is 0.253 e. The van der Waals surface area contributed by atoms with Gasteiger partial charge in [0.25, 0.3) is 5.91 Å². The van der Waals surface area contributed by atoms with Gasteiger partial charge in [0.2, 0.25) is 0 Å². The molecule has 0 bridgehead atoms. The fourth-order valence-corrected chi connectivity index (χ4v) is 1.35. The first-order valence-electron chi connectivity index (χ1n) is 4.37. The zero-order chi connectivity index (χ0) is 11.4. The maximum absolute atomic E-state index is 11.5. The standard InChI is InChI=1S/C10H10ClN3O/c1-2-14-10(15)7-3-6(5-12)4-8(11)9(7)13/h3-4H,2,13H2,1H3,(H,14,15). The highest BCUT2D eigenvalue weighted by Gasteiger charge is 2.12. The molecule has 0 fully saturated rings. The van der Waals surface area contributed by atoms with Crippen LogP contribution < -0.4 is 11.1 Å². The SMILES string of the molecule is CCNC(=O)c1cc(C#N)cc(Cl)c1N. The summed E-state index contributed by atoms with van der Waals surface area (Å²) in [5.74, 6) is -0.325. The summed E-state index contributed by atoms with van der Waals surface area (Å²) in [5.41, 5.74) is 6.38. The highest BCUT2D eigenvalue weighted by atomic mass is 35.5. The van der Waals surface area contributed by atoms with Gasteiger partial charge in [-0.25, -0.2) is 0 Å². The Morgan fingerprint density at radius 2 is 2.33 bits per heavy atom. The zero-order valence-corrected chi connectivity index (χ0v) is 8.93. The van der Waals surface area contributed by atoms with Crippen molar-refractivity contribution in [1.29, 1.82) is 5.26 Å². The highest BCUT2D eigenvalue weighted by Crippen LogP contribution is 2.24. The number of nitriles is 1. The van der Waals surface area contributed by atoms with Gasteiger partial charge >= 0.3 is 0 Å². The van der Waals surface area contributed by atoms with Crippen molar-refractivity contribution in [2.75, 3.05) is 12.3 Å². The van der Waals surface area contributed by atoms with E-state index in [0.717, 1.165) is 0 Å². The first-order valence-corrected chi connectivity index (χ1v) is 4.75. The minimum absolute atomic E-state index is 0.196. The molecule has 1 aromatic rings. The van der Waals surface area contributed by atoms with Crippen LogP contribution in [0.1, 0.15) is 22.8 Å². The molecule has 0 radical (unpaired) electrons. The average molecular weight is 224 g/mol. The number of hydrogen-bond donors (Lipinski definition) is 2. The van der Waals surface area contributed by atoms with Gasteiger partial charge in [0.1, 0.15) is 0 Å². The van der Waals surface area contributed by atoms with Crippen LogP contribution in [0.2, 0.25) is 5.02 Å². The minimum atomic E-state index is -0.325. The second-order valence-corrected chi connectivity index (χ2v) is 3.30. The van der Waals surface area contributed by atoms with Crippen molar-refractivity contribution < 1.29 is 4.79 Å².